The van der Waals surface area contributed by atoms with Crippen LogP contribution in [0.1, 0.15) is 44.4 Å². The summed E-state index contributed by atoms with van der Waals surface area (Å²) < 4.78 is 32.6. The number of nitrogens with one attached hydrogen (secondary N) is 1. The fourth-order valence-electron chi connectivity index (χ4n) is 3.86. The minimum absolute atomic E-state index is 0.0986. The van der Waals surface area contributed by atoms with Crippen molar-refractivity contribution in [2.75, 3.05) is 6.54 Å². The van der Waals surface area contributed by atoms with Crippen molar-refractivity contribution < 1.29 is 18.3 Å². The predicted molar refractivity (Wildman–Crippen MR) is 113 cm³/mol. The summed E-state index contributed by atoms with van der Waals surface area (Å²) >= 11 is 0. The van der Waals surface area contributed by atoms with Crippen molar-refractivity contribution in [3.05, 3.63) is 70.8 Å². The molecule has 2 aromatic carbocycles. The summed E-state index contributed by atoms with van der Waals surface area (Å²) in [5.74, 6) is -0.503. The second kappa shape index (κ2) is 9.13. The normalized spacial score (nSPS) is 17.9. The van der Waals surface area contributed by atoms with Crippen LogP contribution in [0.15, 0.2) is 42.5 Å². The number of hydrogen-bond acceptors (Lipinski definition) is 3. The molecule has 30 heavy (non-hydrogen) atoms. The summed E-state index contributed by atoms with van der Waals surface area (Å²) in [5, 5.41) is 2.81. The van der Waals surface area contributed by atoms with E-state index >= 15 is 0 Å². The van der Waals surface area contributed by atoms with Gasteiger partial charge in [0.25, 0.3) is 0 Å². The van der Waals surface area contributed by atoms with Crippen molar-refractivity contribution >= 4 is 6.09 Å². The van der Waals surface area contributed by atoms with Gasteiger partial charge in [0.1, 0.15) is 17.7 Å². The van der Waals surface area contributed by atoms with Crippen LogP contribution in [-0.4, -0.2) is 35.2 Å². The Kier molecular flexibility index (Phi) is 6.76. The van der Waals surface area contributed by atoms with E-state index in [1.54, 1.807) is 18.2 Å². The molecule has 2 aromatic rings. The summed E-state index contributed by atoms with van der Waals surface area (Å²) in [4.78, 5) is 14.4. The van der Waals surface area contributed by atoms with E-state index in [0.717, 1.165) is 16.7 Å². The lowest BCUT2D eigenvalue weighted by Gasteiger charge is -2.38. The van der Waals surface area contributed by atoms with Crippen LogP contribution >= 0.6 is 0 Å². The Morgan fingerprint density at radius 2 is 1.80 bits per heavy atom. The van der Waals surface area contributed by atoms with Gasteiger partial charge in [0, 0.05) is 24.7 Å². The highest BCUT2D eigenvalue weighted by molar-refractivity contribution is 5.68. The first-order valence-electron chi connectivity index (χ1n) is 10.3. The molecular formula is C24H30F2N2O2. The number of rotatable bonds is 5. The first kappa shape index (κ1) is 22.2. The van der Waals surface area contributed by atoms with Crippen molar-refractivity contribution in [1.29, 1.82) is 0 Å². The molecule has 1 N–H and O–H groups in total. The maximum atomic E-state index is 13.8. The van der Waals surface area contributed by atoms with Gasteiger partial charge in [-0.3, -0.25) is 4.90 Å². The van der Waals surface area contributed by atoms with Gasteiger partial charge in [-0.05, 0) is 81.5 Å². The number of carbonyl (C=O) groups excluding carboxylic acids is 1. The molecule has 6 heteroatoms. The summed E-state index contributed by atoms with van der Waals surface area (Å²) in [6.07, 6.45) is 0.636. The molecule has 0 aliphatic carbocycles. The Hall–Kier alpha value is -2.47. The molecule has 0 spiro atoms. The fourth-order valence-corrected chi connectivity index (χ4v) is 3.86. The Morgan fingerprint density at radius 1 is 1.13 bits per heavy atom. The van der Waals surface area contributed by atoms with E-state index in [2.05, 4.69) is 10.2 Å². The number of carbonyl (C=O) groups is 1. The zero-order valence-corrected chi connectivity index (χ0v) is 18.0. The molecule has 0 radical (unpaired) electrons. The molecular weight excluding hydrogens is 386 g/mol. The minimum atomic E-state index is -0.440. The SMILES string of the molecule is C[C@H](CN1Cc2ccc(F)cc2C[C@H]1Cc1ccc(F)cc1)OC(=O)NC(C)(C)C. The molecule has 4 nitrogen and oxygen atoms in total. The highest BCUT2D eigenvalue weighted by Gasteiger charge is 2.29. The summed E-state index contributed by atoms with van der Waals surface area (Å²) in [5.41, 5.74) is 2.73. The molecule has 1 heterocycles. The lowest BCUT2D eigenvalue weighted by molar-refractivity contribution is 0.0548. The largest absolute Gasteiger partial charge is 0.445 e. The first-order chi connectivity index (χ1) is 14.1. The highest BCUT2D eigenvalue weighted by atomic mass is 19.1. The lowest BCUT2D eigenvalue weighted by atomic mass is 9.90. The van der Waals surface area contributed by atoms with Gasteiger partial charge < -0.3 is 10.1 Å². The van der Waals surface area contributed by atoms with E-state index in [0.29, 0.717) is 25.9 Å². The average molecular weight is 417 g/mol. The van der Waals surface area contributed by atoms with Crippen molar-refractivity contribution in [2.24, 2.45) is 0 Å². The van der Waals surface area contributed by atoms with Crippen LogP contribution in [0.2, 0.25) is 0 Å². The van der Waals surface area contributed by atoms with E-state index in [-0.39, 0.29) is 29.3 Å². The molecule has 0 aromatic heterocycles. The third kappa shape index (κ3) is 6.26. The molecule has 3 rings (SSSR count). The lowest BCUT2D eigenvalue weighted by Crippen LogP contribution is -2.47. The monoisotopic (exact) mass is 416 g/mol. The van der Waals surface area contributed by atoms with E-state index in [1.165, 1.54) is 18.2 Å². The van der Waals surface area contributed by atoms with Crippen molar-refractivity contribution in [2.45, 2.75) is 64.8 Å². The first-order valence-corrected chi connectivity index (χ1v) is 10.3. The minimum Gasteiger partial charge on any atom is -0.445 e. The number of halogens is 2. The zero-order valence-electron chi connectivity index (χ0n) is 18.0. The predicted octanol–water partition coefficient (Wildman–Crippen LogP) is 4.85. The van der Waals surface area contributed by atoms with Crippen LogP contribution in [0.25, 0.3) is 0 Å². The number of ether oxygens (including phenoxy) is 1. The summed E-state index contributed by atoms with van der Waals surface area (Å²) in [7, 11) is 0. The number of nitrogens with zero attached hydrogens (tertiary/aromatic N) is 1. The smallest absolute Gasteiger partial charge is 0.407 e. The highest BCUT2D eigenvalue weighted by Crippen LogP contribution is 2.27. The summed E-state index contributed by atoms with van der Waals surface area (Å²) in [6, 6.07) is 11.5. The van der Waals surface area contributed by atoms with E-state index in [9.17, 15) is 13.6 Å². The van der Waals surface area contributed by atoms with Gasteiger partial charge in [-0.2, -0.15) is 0 Å². The van der Waals surface area contributed by atoms with Gasteiger partial charge in [0.2, 0.25) is 0 Å². The van der Waals surface area contributed by atoms with Crippen molar-refractivity contribution in [1.82, 2.24) is 10.2 Å². The topological polar surface area (TPSA) is 41.6 Å². The second-order valence-electron chi connectivity index (χ2n) is 9.12. The Labute approximate surface area is 177 Å². The van der Waals surface area contributed by atoms with Crippen LogP contribution < -0.4 is 5.32 Å². The molecule has 1 aliphatic heterocycles. The fraction of sp³-hybridized carbons (Fsp3) is 0.458. The maximum Gasteiger partial charge on any atom is 0.407 e. The molecule has 0 unspecified atom stereocenters. The molecule has 0 saturated heterocycles. The number of alkyl carbamates (subject to hydrolysis) is 1. The van der Waals surface area contributed by atoms with E-state index < -0.39 is 6.09 Å². The molecule has 0 bridgehead atoms. The van der Waals surface area contributed by atoms with Crippen LogP contribution in [-0.2, 0) is 24.1 Å². The molecule has 0 fully saturated rings. The molecule has 0 saturated carbocycles. The van der Waals surface area contributed by atoms with Gasteiger partial charge in [-0.1, -0.05) is 18.2 Å². The van der Waals surface area contributed by atoms with Crippen molar-refractivity contribution in [3.8, 4) is 0 Å². The van der Waals surface area contributed by atoms with Crippen LogP contribution in [0.5, 0.6) is 0 Å². The van der Waals surface area contributed by atoms with Gasteiger partial charge in [0.15, 0.2) is 0 Å². The number of fused-ring (bicyclic) bond motifs is 1. The van der Waals surface area contributed by atoms with Crippen LogP contribution in [0, 0.1) is 11.6 Å². The maximum absolute atomic E-state index is 13.8. The van der Waals surface area contributed by atoms with E-state index in [4.69, 9.17) is 4.74 Å². The second-order valence-corrected chi connectivity index (χ2v) is 9.12. The molecule has 2 atom stereocenters. The van der Waals surface area contributed by atoms with Crippen molar-refractivity contribution in [3.63, 3.8) is 0 Å². The number of benzene rings is 2. The summed E-state index contributed by atoms with van der Waals surface area (Å²) in [6.45, 7) is 8.78. The third-order valence-corrected chi connectivity index (χ3v) is 5.18. The van der Waals surface area contributed by atoms with Gasteiger partial charge in [-0.25, -0.2) is 13.6 Å². The van der Waals surface area contributed by atoms with Crippen LogP contribution in [0.3, 0.4) is 0 Å². The third-order valence-electron chi connectivity index (χ3n) is 5.18. The number of hydrogen-bond donors (Lipinski definition) is 1. The zero-order chi connectivity index (χ0) is 21.9. The van der Waals surface area contributed by atoms with Gasteiger partial charge in [-0.15, -0.1) is 0 Å². The van der Waals surface area contributed by atoms with Gasteiger partial charge in [0.05, 0.1) is 0 Å². The number of amides is 1. The van der Waals surface area contributed by atoms with E-state index in [1.807, 2.05) is 33.8 Å². The van der Waals surface area contributed by atoms with Gasteiger partial charge >= 0.3 is 6.09 Å². The standard InChI is InChI=1S/C24H30F2N2O2/c1-16(30-23(29)27-24(2,3)4)14-28-15-18-7-10-21(26)12-19(18)13-22(28)11-17-5-8-20(25)9-6-17/h5-10,12,16,22H,11,13-15H2,1-4H3,(H,27,29)/t16-,22-/m1/s1. The molecule has 1 aliphatic rings. The molecule has 1 amide bonds. The molecule has 162 valence electrons. The Bertz CT molecular complexity index is 878. The Morgan fingerprint density at radius 3 is 2.47 bits per heavy atom. The van der Waals surface area contributed by atoms with Crippen LogP contribution in [0.4, 0.5) is 13.6 Å². The Balaban J connectivity index is 1.73. The quantitative estimate of drug-likeness (QED) is 0.758. The average Bonchev–Trinajstić information content (AvgIpc) is 2.62.